The quantitative estimate of drug-likeness (QED) is 0.642. The van der Waals surface area contributed by atoms with E-state index in [1.807, 2.05) is 10.6 Å². The molecule has 0 radical (unpaired) electrons. The molecule has 0 aliphatic heterocycles. The minimum atomic E-state index is -4.59. The largest absolute Gasteiger partial charge is 0.416 e. The second kappa shape index (κ2) is 8.94. The van der Waals surface area contributed by atoms with E-state index >= 15 is 0 Å². The molecule has 0 aliphatic carbocycles. The second-order valence-electron chi connectivity index (χ2n) is 5.39. The predicted octanol–water partition coefficient (Wildman–Crippen LogP) is 3.71. The molecule has 2 aromatic rings. The molecule has 0 bridgehead atoms. The van der Waals surface area contributed by atoms with Crippen LogP contribution in [0.5, 0.6) is 0 Å². The first kappa shape index (κ1) is 21.5. The average molecular weight is 434 g/mol. The van der Waals surface area contributed by atoms with Crippen molar-refractivity contribution >= 4 is 52.3 Å². The monoisotopic (exact) mass is 433 g/mol. The van der Waals surface area contributed by atoms with E-state index in [4.69, 9.17) is 23.2 Å². The van der Waals surface area contributed by atoms with Crippen molar-refractivity contribution in [2.45, 2.75) is 6.18 Å². The normalized spacial score (nSPS) is 10.9. The Morgan fingerprint density at radius 2 is 1.54 bits per heavy atom. The van der Waals surface area contributed by atoms with Gasteiger partial charge in [0.25, 0.3) is 0 Å². The lowest BCUT2D eigenvalue weighted by molar-refractivity contribution is -0.137. The van der Waals surface area contributed by atoms with Gasteiger partial charge in [0.1, 0.15) is 0 Å². The van der Waals surface area contributed by atoms with E-state index in [1.165, 1.54) is 24.3 Å². The first-order valence-corrected chi connectivity index (χ1v) is 8.33. The molecule has 0 saturated carbocycles. The van der Waals surface area contributed by atoms with E-state index in [9.17, 15) is 27.6 Å². The Morgan fingerprint density at radius 1 is 0.857 bits per heavy atom. The van der Waals surface area contributed by atoms with Gasteiger partial charge in [0, 0.05) is 11.4 Å². The van der Waals surface area contributed by atoms with Crippen molar-refractivity contribution in [3.8, 4) is 0 Å². The fourth-order valence-corrected chi connectivity index (χ4v) is 2.28. The Balaban J connectivity index is 1.87. The van der Waals surface area contributed by atoms with Gasteiger partial charge in [0.15, 0.2) is 0 Å². The van der Waals surface area contributed by atoms with Crippen molar-refractivity contribution in [3.05, 3.63) is 58.1 Å². The smallest absolute Gasteiger partial charge is 0.339 e. The molecule has 3 amide bonds. The first-order chi connectivity index (χ1) is 13.1. The fourth-order valence-electron chi connectivity index (χ4n) is 1.98. The zero-order valence-corrected chi connectivity index (χ0v) is 15.4. The lowest BCUT2D eigenvalue weighted by Gasteiger charge is -2.10. The molecule has 3 N–H and O–H groups in total. The van der Waals surface area contributed by atoms with Crippen molar-refractivity contribution in [1.82, 2.24) is 5.32 Å². The Kier molecular flexibility index (Phi) is 6.87. The van der Waals surface area contributed by atoms with Crippen LogP contribution in [0.3, 0.4) is 0 Å². The van der Waals surface area contributed by atoms with Gasteiger partial charge in [-0.05, 0) is 36.4 Å². The van der Waals surface area contributed by atoms with Gasteiger partial charge in [0.05, 0.1) is 22.2 Å². The SMILES string of the molecule is O=C(CNC(=O)C(=O)Nc1cccc(C(F)(F)F)c1)Nc1ccc(Cl)c(Cl)c1. The third-order valence-corrected chi connectivity index (χ3v) is 4.01. The lowest BCUT2D eigenvalue weighted by atomic mass is 10.2. The van der Waals surface area contributed by atoms with E-state index in [1.54, 1.807) is 0 Å². The van der Waals surface area contributed by atoms with Gasteiger partial charge >= 0.3 is 18.0 Å². The number of hydrogen-bond acceptors (Lipinski definition) is 3. The Morgan fingerprint density at radius 3 is 2.18 bits per heavy atom. The standard InChI is InChI=1S/C17H12Cl2F3N3O3/c18-12-5-4-11(7-13(12)19)24-14(26)8-23-15(27)16(28)25-10-3-1-2-9(6-10)17(20,21)22/h1-7H,8H2,(H,23,27)(H,24,26)(H,25,28). The molecule has 0 heterocycles. The number of benzene rings is 2. The van der Waals surface area contributed by atoms with Crippen LogP contribution in [0.15, 0.2) is 42.5 Å². The fraction of sp³-hybridized carbons (Fsp3) is 0.118. The first-order valence-electron chi connectivity index (χ1n) is 7.57. The van der Waals surface area contributed by atoms with Gasteiger partial charge in [-0.1, -0.05) is 29.3 Å². The summed E-state index contributed by atoms with van der Waals surface area (Å²) in [5.74, 6) is -3.07. The van der Waals surface area contributed by atoms with Gasteiger partial charge in [-0.15, -0.1) is 0 Å². The molecule has 6 nitrogen and oxygen atoms in total. The van der Waals surface area contributed by atoms with Crippen LogP contribution in [0.2, 0.25) is 10.0 Å². The summed E-state index contributed by atoms with van der Waals surface area (Å²) in [6.45, 7) is -0.547. The lowest BCUT2D eigenvalue weighted by Crippen LogP contribution is -2.39. The summed E-state index contributed by atoms with van der Waals surface area (Å²) < 4.78 is 37.9. The molecule has 0 fully saturated rings. The van der Waals surface area contributed by atoms with Crippen LogP contribution >= 0.6 is 23.2 Å². The van der Waals surface area contributed by atoms with Crippen LogP contribution in [0, 0.1) is 0 Å². The molecular formula is C17H12Cl2F3N3O3. The average Bonchev–Trinajstić information content (AvgIpc) is 2.62. The molecule has 2 rings (SSSR count). The molecule has 0 saturated heterocycles. The van der Waals surface area contributed by atoms with Crippen molar-refractivity contribution in [3.63, 3.8) is 0 Å². The van der Waals surface area contributed by atoms with Crippen molar-refractivity contribution < 1.29 is 27.6 Å². The van der Waals surface area contributed by atoms with E-state index in [-0.39, 0.29) is 10.7 Å². The highest BCUT2D eigenvalue weighted by molar-refractivity contribution is 6.42. The highest BCUT2D eigenvalue weighted by Gasteiger charge is 2.30. The zero-order chi connectivity index (χ0) is 20.9. The number of carbonyl (C=O) groups is 3. The minimum absolute atomic E-state index is 0.212. The molecule has 0 aromatic heterocycles. The van der Waals surface area contributed by atoms with Crippen LogP contribution < -0.4 is 16.0 Å². The van der Waals surface area contributed by atoms with Gasteiger partial charge in [-0.25, -0.2) is 0 Å². The third-order valence-electron chi connectivity index (χ3n) is 3.27. The van der Waals surface area contributed by atoms with Crippen molar-refractivity contribution in [1.29, 1.82) is 0 Å². The molecular weight excluding hydrogens is 422 g/mol. The predicted molar refractivity (Wildman–Crippen MR) is 98.2 cm³/mol. The van der Waals surface area contributed by atoms with Gasteiger partial charge in [-0.2, -0.15) is 13.2 Å². The van der Waals surface area contributed by atoms with Crippen LogP contribution in [0.1, 0.15) is 5.56 Å². The summed E-state index contributed by atoms with van der Waals surface area (Å²) in [4.78, 5) is 35.3. The number of rotatable bonds is 4. The Labute approximate surface area is 167 Å². The van der Waals surface area contributed by atoms with Crippen LogP contribution in [-0.4, -0.2) is 24.3 Å². The van der Waals surface area contributed by atoms with Crippen LogP contribution in [-0.2, 0) is 20.6 Å². The van der Waals surface area contributed by atoms with E-state index in [2.05, 4.69) is 5.32 Å². The Hall–Kier alpha value is -2.78. The van der Waals surface area contributed by atoms with Gasteiger partial charge in [0.2, 0.25) is 5.91 Å². The molecule has 0 aliphatic rings. The number of carbonyl (C=O) groups excluding carboxylic acids is 3. The van der Waals surface area contributed by atoms with E-state index < -0.39 is 36.0 Å². The molecule has 0 unspecified atom stereocenters. The summed E-state index contributed by atoms with van der Waals surface area (Å²) in [6, 6.07) is 8.11. The number of hydrogen-bond donors (Lipinski definition) is 3. The second-order valence-corrected chi connectivity index (χ2v) is 6.21. The highest BCUT2D eigenvalue weighted by Crippen LogP contribution is 2.30. The molecule has 0 spiro atoms. The number of alkyl halides is 3. The molecule has 148 valence electrons. The van der Waals surface area contributed by atoms with Gasteiger partial charge in [-0.3, -0.25) is 14.4 Å². The molecule has 0 atom stereocenters. The molecule has 11 heteroatoms. The summed E-state index contributed by atoms with van der Waals surface area (Å²) in [5, 5.41) is 7.00. The van der Waals surface area contributed by atoms with E-state index in [0.29, 0.717) is 16.8 Å². The summed E-state index contributed by atoms with van der Waals surface area (Å²) in [5.41, 5.74) is -0.871. The maximum Gasteiger partial charge on any atom is 0.416 e. The number of halogens is 5. The summed E-state index contributed by atoms with van der Waals surface area (Å²) in [6.07, 6.45) is -4.59. The third kappa shape index (κ3) is 6.14. The molecule has 28 heavy (non-hydrogen) atoms. The van der Waals surface area contributed by atoms with E-state index in [0.717, 1.165) is 12.1 Å². The topological polar surface area (TPSA) is 87.3 Å². The van der Waals surface area contributed by atoms with Crippen molar-refractivity contribution in [2.75, 3.05) is 17.2 Å². The maximum atomic E-state index is 12.6. The van der Waals surface area contributed by atoms with Crippen LogP contribution in [0.25, 0.3) is 0 Å². The summed E-state index contributed by atoms with van der Waals surface area (Å²) >= 11 is 11.6. The zero-order valence-electron chi connectivity index (χ0n) is 13.9. The number of anilines is 2. The van der Waals surface area contributed by atoms with Crippen molar-refractivity contribution in [2.24, 2.45) is 0 Å². The number of amides is 3. The highest BCUT2D eigenvalue weighted by atomic mass is 35.5. The minimum Gasteiger partial charge on any atom is -0.339 e. The van der Waals surface area contributed by atoms with Gasteiger partial charge < -0.3 is 16.0 Å². The maximum absolute atomic E-state index is 12.6. The Bertz CT molecular complexity index is 920. The number of nitrogens with one attached hydrogen (secondary N) is 3. The molecule has 2 aromatic carbocycles. The van der Waals surface area contributed by atoms with Crippen LogP contribution in [0.4, 0.5) is 24.5 Å². The summed E-state index contributed by atoms with van der Waals surface area (Å²) in [7, 11) is 0.